The number of nitrogens with zero attached hydrogens (tertiary/aromatic N) is 2. The lowest BCUT2D eigenvalue weighted by atomic mass is 9.96. The van der Waals surface area contributed by atoms with Gasteiger partial charge >= 0.3 is 0 Å². The van der Waals surface area contributed by atoms with Crippen LogP contribution in [0.15, 0.2) is 78.9 Å². The minimum Gasteiger partial charge on any atom is -0.368 e. The lowest BCUT2D eigenvalue weighted by Crippen LogP contribution is -2.48. The van der Waals surface area contributed by atoms with Gasteiger partial charge in [0.25, 0.3) is 0 Å². The fourth-order valence-electron chi connectivity index (χ4n) is 4.22. The fourth-order valence-corrected chi connectivity index (χ4v) is 4.22. The molecule has 0 bridgehead atoms. The maximum Gasteiger partial charge on any atom is 0.123 e. The van der Waals surface area contributed by atoms with Gasteiger partial charge < -0.3 is 4.90 Å². The van der Waals surface area contributed by atoms with E-state index in [1.807, 2.05) is 31.2 Å². The Balaban J connectivity index is 0.00000181. The summed E-state index contributed by atoms with van der Waals surface area (Å²) >= 11 is 0. The SMILES string of the molecule is C/C=C/c1ccccc1N1CCN(C(c2ccc(F)cc2)c2ccc(F)cc2)CC1.Cl.Cl. The van der Waals surface area contributed by atoms with Crippen molar-refractivity contribution in [1.82, 2.24) is 4.90 Å². The van der Waals surface area contributed by atoms with Crippen molar-refractivity contribution in [2.24, 2.45) is 0 Å². The van der Waals surface area contributed by atoms with Gasteiger partial charge in [0, 0.05) is 31.9 Å². The van der Waals surface area contributed by atoms with Gasteiger partial charge in [0.15, 0.2) is 0 Å². The van der Waals surface area contributed by atoms with E-state index >= 15 is 0 Å². The highest BCUT2D eigenvalue weighted by atomic mass is 35.5. The predicted molar refractivity (Wildman–Crippen MR) is 134 cm³/mol. The van der Waals surface area contributed by atoms with Crippen molar-refractivity contribution in [2.75, 3.05) is 31.1 Å². The Morgan fingerprint density at radius 3 is 1.72 bits per heavy atom. The second-order valence-corrected chi connectivity index (χ2v) is 7.59. The second kappa shape index (κ2) is 12.0. The molecule has 3 aromatic rings. The monoisotopic (exact) mass is 476 g/mol. The number of benzene rings is 3. The number of hydrogen-bond acceptors (Lipinski definition) is 2. The smallest absolute Gasteiger partial charge is 0.123 e. The Morgan fingerprint density at radius 2 is 1.22 bits per heavy atom. The summed E-state index contributed by atoms with van der Waals surface area (Å²) in [6.45, 7) is 5.55. The number of rotatable bonds is 5. The normalized spacial score (nSPS) is 14.3. The topological polar surface area (TPSA) is 6.48 Å². The van der Waals surface area contributed by atoms with E-state index in [0.717, 1.165) is 37.3 Å². The summed E-state index contributed by atoms with van der Waals surface area (Å²) in [6, 6.07) is 21.7. The summed E-state index contributed by atoms with van der Waals surface area (Å²) in [4.78, 5) is 4.81. The highest BCUT2D eigenvalue weighted by molar-refractivity contribution is 5.85. The summed E-state index contributed by atoms with van der Waals surface area (Å²) in [5.41, 5.74) is 4.51. The lowest BCUT2D eigenvalue weighted by Gasteiger charge is -2.41. The first-order valence-electron chi connectivity index (χ1n) is 10.4. The summed E-state index contributed by atoms with van der Waals surface area (Å²) in [5.74, 6) is -0.496. The van der Waals surface area contributed by atoms with E-state index in [0.29, 0.717) is 0 Å². The molecule has 1 fully saturated rings. The molecule has 1 heterocycles. The lowest BCUT2D eigenvalue weighted by molar-refractivity contribution is 0.212. The minimum atomic E-state index is -0.248. The molecule has 4 rings (SSSR count). The van der Waals surface area contributed by atoms with Crippen LogP contribution in [0.3, 0.4) is 0 Å². The van der Waals surface area contributed by atoms with Gasteiger partial charge in [-0.15, -0.1) is 24.8 Å². The van der Waals surface area contributed by atoms with Crippen molar-refractivity contribution in [3.63, 3.8) is 0 Å². The van der Waals surface area contributed by atoms with Gasteiger partial charge in [-0.2, -0.15) is 0 Å². The summed E-state index contributed by atoms with van der Waals surface area (Å²) in [7, 11) is 0. The van der Waals surface area contributed by atoms with Crippen LogP contribution in [-0.4, -0.2) is 31.1 Å². The van der Waals surface area contributed by atoms with Gasteiger partial charge in [-0.1, -0.05) is 54.6 Å². The standard InChI is InChI=1S/C26H26F2N2.2ClH/c1-2-5-20-6-3-4-7-25(20)29-16-18-30(19-17-29)26(21-8-12-23(27)13-9-21)22-10-14-24(28)15-11-22;;/h2-15,26H,16-19H2,1H3;2*1H/b5-2+;;. The van der Waals surface area contributed by atoms with Gasteiger partial charge in [0.05, 0.1) is 6.04 Å². The first-order chi connectivity index (χ1) is 14.7. The third-order valence-corrected chi connectivity index (χ3v) is 5.67. The second-order valence-electron chi connectivity index (χ2n) is 7.59. The Hall–Kier alpha value is -2.40. The summed E-state index contributed by atoms with van der Waals surface area (Å²) in [5, 5.41) is 0. The molecule has 0 spiro atoms. The Bertz CT molecular complexity index is 954. The van der Waals surface area contributed by atoms with Crippen LogP contribution < -0.4 is 4.90 Å². The molecule has 0 radical (unpaired) electrons. The summed E-state index contributed by atoms with van der Waals surface area (Å²) < 4.78 is 27.0. The first kappa shape index (κ1) is 25.9. The Kier molecular flexibility index (Phi) is 9.70. The van der Waals surface area contributed by atoms with Gasteiger partial charge in [-0.25, -0.2) is 8.78 Å². The van der Waals surface area contributed by atoms with Crippen molar-refractivity contribution in [1.29, 1.82) is 0 Å². The van der Waals surface area contributed by atoms with Crippen molar-refractivity contribution in [2.45, 2.75) is 13.0 Å². The van der Waals surface area contributed by atoms with Crippen LogP contribution in [0.25, 0.3) is 6.08 Å². The number of halogens is 4. The molecule has 0 amide bonds. The molecule has 0 aliphatic carbocycles. The Morgan fingerprint density at radius 1 is 0.719 bits per heavy atom. The third-order valence-electron chi connectivity index (χ3n) is 5.67. The van der Waals surface area contributed by atoms with Crippen LogP contribution in [0, 0.1) is 11.6 Å². The molecule has 2 nitrogen and oxygen atoms in total. The van der Waals surface area contributed by atoms with E-state index < -0.39 is 0 Å². The van der Waals surface area contributed by atoms with Gasteiger partial charge in [-0.05, 0) is 53.9 Å². The zero-order chi connectivity index (χ0) is 20.9. The highest BCUT2D eigenvalue weighted by Gasteiger charge is 2.27. The molecule has 0 saturated carbocycles. The minimum absolute atomic E-state index is 0. The van der Waals surface area contributed by atoms with Crippen LogP contribution in [0.2, 0.25) is 0 Å². The molecule has 0 aromatic heterocycles. The molecule has 1 aliphatic rings. The maximum atomic E-state index is 13.5. The van der Waals surface area contributed by atoms with E-state index in [9.17, 15) is 8.78 Å². The molecule has 32 heavy (non-hydrogen) atoms. The van der Waals surface area contributed by atoms with Crippen molar-refractivity contribution >= 4 is 36.6 Å². The van der Waals surface area contributed by atoms with E-state index in [4.69, 9.17) is 0 Å². The van der Waals surface area contributed by atoms with Crippen LogP contribution in [0.4, 0.5) is 14.5 Å². The molecule has 0 unspecified atom stereocenters. The number of allylic oxidation sites excluding steroid dienone is 1. The third kappa shape index (κ3) is 5.89. The number of piperazine rings is 1. The van der Waals surface area contributed by atoms with Crippen molar-refractivity contribution < 1.29 is 8.78 Å². The first-order valence-corrected chi connectivity index (χ1v) is 10.4. The molecular formula is C26H28Cl2F2N2. The highest BCUT2D eigenvalue weighted by Crippen LogP contribution is 2.31. The van der Waals surface area contributed by atoms with Gasteiger partial charge in [-0.3, -0.25) is 4.90 Å². The molecule has 1 aliphatic heterocycles. The maximum absolute atomic E-state index is 13.5. The number of para-hydroxylation sites is 1. The van der Waals surface area contributed by atoms with Crippen LogP contribution >= 0.6 is 24.8 Å². The van der Waals surface area contributed by atoms with E-state index in [1.165, 1.54) is 35.5 Å². The molecule has 0 N–H and O–H groups in total. The van der Waals surface area contributed by atoms with Crippen molar-refractivity contribution in [3.05, 3.63) is 107 Å². The zero-order valence-electron chi connectivity index (χ0n) is 18.0. The van der Waals surface area contributed by atoms with Crippen LogP contribution in [0.1, 0.15) is 29.7 Å². The zero-order valence-corrected chi connectivity index (χ0v) is 19.6. The van der Waals surface area contributed by atoms with Gasteiger partial charge in [0.1, 0.15) is 11.6 Å². The van der Waals surface area contributed by atoms with Crippen molar-refractivity contribution in [3.8, 4) is 0 Å². The molecule has 170 valence electrons. The van der Waals surface area contributed by atoms with Crippen LogP contribution in [-0.2, 0) is 0 Å². The summed E-state index contributed by atoms with van der Waals surface area (Å²) in [6.07, 6.45) is 4.20. The average molecular weight is 477 g/mol. The molecule has 3 aromatic carbocycles. The number of hydrogen-bond donors (Lipinski definition) is 0. The quantitative estimate of drug-likeness (QED) is 0.401. The van der Waals surface area contributed by atoms with Crippen LogP contribution in [0.5, 0.6) is 0 Å². The molecule has 0 atom stereocenters. The van der Waals surface area contributed by atoms with Gasteiger partial charge in [0.2, 0.25) is 0 Å². The average Bonchev–Trinajstić information content (AvgIpc) is 2.78. The molecular weight excluding hydrogens is 449 g/mol. The number of anilines is 1. The fraction of sp³-hybridized carbons (Fsp3) is 0.231. The van der Waals surface area contributed by atoms with E-state index in [2.05, 4.69) is 46.2 Å². The predicted octanol–water partition coefficient (Wildman–Crippen LogP) is 6.75. The molecule has 6 heteroatoms. The largest absolute Gasteiger partial charge is 0.368 e. The van der Waals surface area contributed by atoms with E-state index in [1.54, 1.807) is 0 Å². The Labute approximate surface area is 201 Å². The van der Waals surface area contributed by atoms with E-state index in [-0.39, 0.29) is 42.5 Å². The molecule has 1 saturated heterocycles.